The monoisotopic (exact) mass is 205 g/mol. The molecule has 1 aliphatic rings. The van der Waals surface area contributed by atoms with Gasteiger partial charge in [0.1, 0.15) is 0 Å². The van der Waals surface area contributed by atoms with Crippen LogP contribution < -0.4 is 10.9 Å². The molecule has 80 valence electrons. The third-order valence-corrected chi connectivity index (χ3v) is 2.40. The van der Waals surface area contributed by atoms with Gasteiger partial charge in [0.15, 0.2) is 0 Å². The first-order valence-electron chi connectivity index (χ1n) is 5.16. The van der Waals surface area contributed by atoms with Gasteiger partial charge in [-0.1, -0.05) is 6.58 Å². The Morgan fingerprint density at radius 3 is 3.13 bits per heavy atom. The lowest BCUT2D eigenvalue weighted by atomic mass is 10.3. The average molecular weight is 205 g/mol. The molecule has 0 bridgehead atoms. The molecule has 4 heteroatoms. The Bertz CT molecular complexity index is 406. The van der Waals surface area contributed by atoms with E-state index in [1.165, 1.54) is 25.1 Å². The normalized spacial score (nSPS) is 15.2. The number of nitrogens with zero attached hydrogens (tertiary/aromatic N) is 2. The van der Waals surface area contributed by atoms with Gasteiger partial charge in [-0.2, -0.15) is 0 Å². The number of aromatic nitrogens is 2. The highest BCUT2D eigenvalue weighted by molar-refractivity contribution is 5.00. The molecule has 0 spiro atoms. The van der Waals surface area contributed by atoms with E-state index in [1.807, 2.05) is 0 Å². The molecule has 0 saturated heterocycles. The molecule has 1 aliphatic carbocycles. The first kappa shape index (κ1) is 10.1. The van der Waals surface area contributed by atoms with Gasteiger partial charge in [-0.3, -0.25) is 9.36 Å². The van der Waals surface area contributed by atoms with Crippen molar-refractivity contribution in [1.82, 2.24) is 14.9 Å². The van der Waals surface area contributed by atoms with Crippen molar-refractivity contribution in [3.63, 3.8) is 0 Å². The van der Waals surface area contributed by atoms with Crippen molar-refractivity contribution in [2.45, 2.75) is 25.4 Å². The summed E-state index contributed by atoms with van der Waals surface area (Å²) in [6.45, 7) is 5.27. The molecule has 1 aromatic heterocycles. The minimum atomic E-state index is -0.0300. The third-order valence-electron chi connectivity index (χ3n) is 2.40. The lowest BCUT2D eigenvalue weighted by Gasteiger charge is -2.08. The standard InChI is InChI=1S/C11H15N3O/c1-9(6-13-10-2-3-10)7-14-8-12-5-4-11(14)15/h4-5,8,10,13H,1-3,6-7H2. The van der Waals surface area contributed by atoms with E-state index in [2.05, 4.69) is 16.9 Å². The fourth-order valence-electron chi connectivity index (χ4n) is 1.37. The van der Waals surface area contributed by atoms with Crippen molar-refractivity contribution in [2.24, 2.45) is 0 Å². The Balaban J connectivity index is 1.87. The molecule has 1 aromatic rings. The van der Waals surface area contributed by atoms with Gasteiger partial charge in [0.25, 0.3) is 5.56 Å². The smallest absolute Gasteiger partial charge is 0.253 e. The summed E-state index contributed by atoms with van der Waals surface area (Å²) in [7, 11) is 0. The molecule has 1 N–H and O–H groups in total. The van der Waals surface area contributed by atoms with Crippen LogP contribution in [0.2, 0.25) is 0 Å². The summed E-state index contributed by atoms with van der Waals surface area (Å²) in [5.41, 5.74) is 0.981. The highest BCUT2D eigenvalue weighted by Crippen LogP contribution is 2.18. The highest BCUT2D eigenvalue weighted by atomic mass is 16.1. The van der Waals surface area contributed by atoms with Gasteiger partial charge in [-0.25, -0.2) is 4.98 Å². The van der Waals surface area contributed by atoms with Crippen LogP contribution in [0, 0.1) is 0 Å². The predicted molar refractivity (Wildman–Crippen MR) is 58.7 cm³/mol. The number of hydrogen-bond acceptors (Lipinski definition) is 3. The Morgan fingerprint density at radius 1 is 1.67 bits per heavy atom. The molecule has 0 unspecified atom stereocenters. The van der Waals surface area contributed by atoms with Crippen molar-refractivity contribution in [3.05, 3.63) is 41.1 Å². The van der Waals surface area contributed by atoms with Gasteiger partial charge in [0, 0.05) is 31.4 Å². The van der Waals surface area contributed by atoms with Crippen LogP contribution in [0.3, 0.4) is 0 Å². The Hall–Kier alpha value is -1.42. The fourth-order valence-corrected chi connectivity index (χ4v) is 1.37. The van der Waals surface area contributed by atoms with E-state index in [4.69, 9.17) is 0 Å². The summed E-state index contributed by atoms with van der Waals surface area (Å²) in [5.74, 6) is 0. The van der Waals surface area contributed by atoms with Gasteiger partial charge in [0.05, 0.1) is 6.33 Å². The van der Waals surface area contributed by atoms with Crippen LogP contribution in [-0.2, 0) is 6.54 Å². The minimum absolute atomic E-state index is 0.0300. The predicted octanol–water partition coefficient (Wildman–Crippen LogP) is 0.552. The molecule has 0 aromatic carbocycles. The molecule has 15 heavy (non-hydrogen) atoms. The van der Waals surface area contributed by atoms with Gasteiger partial charge in [-0.05, 0) is 18.4 Å². The van der Waals surface area contributed by atoms with Crippen molar-refractivity contribution in [1.29, 1.82) is 0 Å². The zero-order chi connectivity index (χ0) is 10.7. The third kappa shape index (κ3) is 3.02. The summed E-state index contributed by atoms with van der Waals surface area (Å²) in [4.78, 5) is 15.3. The summed E-state index contributed by atoms with van der Waals surface area (Å²) < 4.78 is 1.57. The van der Waals surface area contributed by atoms with Crippen molar-refractivity contribution in [2.75, 3.05) is 6.54 Å². The van der Waals surface area contributed by atoms with Crippen LogP contribution in [0.5, 0.6) is 0 Å². The maximum absolute atomic E-state index is 11.4. The maximum atomic E-state index is 11.4. The van der Waals surface area contributed by atoms with E-state index in [-0.39, 0.29) is 5.56 Å². The molecule has 1 fully saturated rings. The second-order valence-electron chi connectivity index (χ2n) is 3.95. The molecule has 0 aliphatic heterocycles. The van der Waals surface area contributed by atoms with Crippen LogP contribution in [0.15, 0.2) is 35.5 Å². The first-order chi connectivity index (χ1) is 7.25. The SMILES string of the molecule is C=C(CNC1CC1)Cn1cnccc1=O. The van der Waals surface area contributed by atoms with E-state index < -0.39 is 0 Å². The van der Waals surface area contributed by atoms with Crippen LogP contribution >= 0.6 is 0 Å². The molecular formula is C11H15N3O. The molecular weight excluding hydrogens is 190 g/mol. The Kier molecular flexibility index (Phi) is 2.97. The quantitative estimate of drug-likeness (QED) is 0.714. The topological polar surface area (TPSA) is 46.9 Å². The van der Waals surface area contributed by atoms with E-state index in [0.29, 0.717) is 12.6 Å². The van der Waals surface area contributed by atoms with Crippen LogP contribution in [0.1, 0.15) is 12.8 Å². The van der Waals surface area contributed by atoms with E-state index in [9.17, 15) is 4.79 Å². The molecule has 0 radical (unpaired) electrons. The highest BCUT2D eigenvalue weighted by Gasteiger charge is 2.19. The maximum Gasteiger partial charge on any atom is 0.253 e. The fraction of sp³-hybridized carbons (Fsp3) is 0.455. The number of nitrogens with one attached hydrogen (secondary N) is 1. The molecule has 1 saturated carbocycles. The molecule has 2 rings (SSSR count). The average Bonchev–Trinajstić information content (AvgIpc) is 3.02. The van der Waals surface area contributed by atoms with Gasteiger partial charge in [0.2, 0.25) is 0 Å². The van der Waals surface area contributed by atoms with Gasteiger partial charge >= 0.3 is 0 Å². The van der Waals surface area contributed by atoms with Crippen molar-refractivity contribution < 1.29 is 0 Å². The minimum Gasteiger partial charge on any atom is -0.310 e. The van der Waals surface area contributed by atoms with Crippen LogP contribution in [-0.4, -0.2) is 22.1 Å². The van der Waals surface area contributed by atoms with Crippen LogP contribution in [0.25, 0.3) is 0 Å². The largest absolute Gasteiger partial charge is 0.310 e. The summed E-state index contributed by atoms with van der Waals surface area (Å²) in [5, 5.41) is 3.36. The molecule has 0 atom stereocenters. The van der Waals surface area contributed by atoms with Crippen molar-refractivity contribution in [3.8, 4) is 0 Å². The van der Waals surface area contributed by atoms with Gasteiger partial charge in [-0.15, -0.1) is 0 Å². The Morgan fingerprint density at radius 2 is 2.47 bits per heavy atom. The van der Waals surface area contributed by atoms with E-state index >= 15 is 0 Å². The summed E-state index contributed by atoms with van der Waals surface area (Å²) >= 11 is 0. The molecule has 4 nitrogen and oxygen atoms in total. The lowest BCUT2D eigenvalue weighted by Crippen LogP contribution is -2.25. The molecule has 1 heterocycles. The van der Waals surface area contributed by atoms with E-state index in [0.717, 1.165) is 12.1 Å². The summed E-state index contributed by atoms with van der Waals surface area (Å²) in [6.07, 6.45) is 5.58. The Labute approximate surface area is 88.7 Å². The second kappa shape index (κ2) is 4.40. The summed E-state index contributed by atoms with van der Waals surface area (Å²) in [6, 6.07) is 2.13. The molecule has 0 amide bonds. The zero-order valence-corrected chi connectivity index (χ0v) is 8.65. The number of rotatable bonds is 5. The number of hydrogen-bond donors (Lipinski definition) is 1. The van der Waals surface area contributed by atoms with Crippen molar-refractivity contribution >= 4 is 0 Å². The lowest BCUT2D eigenvalue weighted by molar-refractivity contribution is 0.662. The van der Waals surface area contributed by atoms with E-state index in [1.54, 1.807) is 10.9 Å². The second-order valence-corrected chi connectivity index (χ2v) is 3.95. The first-order valence-corrected chi connectivity index (χ1v) is 5.16. The van der Waals surface area contributed by atoms with Crippen LogP contribution in [0.4, 0.5) is 0 Å². The zero-order valence-electron chi connectivity index (χ0n) is 8.65. The van der Waals surface area contributed by atoms with Gasteiger partial charge < -0.3 is 5.32 Å².